The van der Waals surface area contributed by atoms with Gasteiger partial charge in [-0.3, -0.25) is 4.79 Å². The Morgan fingerprint density at radius 2 is 2.06 bits per heavy atom. The average molecular weight is 212 g/mol. The summed E-state index contributed by atoms with van der Waals surface area (Å²) in [4.78, 5) is 19.0. The van der Waals surface area contributed by atoms with Crippen LogP contribution in [-0.4, -0.2) is 15.9 Å². The standard InChI is InChI=1S/C11H8N4O/c1-7(16)13-10-5-3-8-2-4-9(6-12)14-11(8)15-10/h2-5H,1H3,(H,13,14,15,16). The molecule has 2 aromatic heterocycles. The molecule has 78 valence electrons. The van der Waals surface area contributed by atoms with Crippen molar-refractivity contribution >= 4 is 22.8 Å². The molecule has 0 bridgehead atoms. The number of aromatic nitrogens is 2. The third kappa shape index (κ3) is 1.96. The number of carbonyl (C=O) groups excluding carboxylic acids is 1. The first-order valence-corrected chi connectivity index (χ1v) is 4.64. The van der Waals surface area contributed by atoms with Crippen LogP contribution in [0.2, 0.25) is 0 Å². The fraction of sp³-hybridized carbons (Fsp3) is 0.0909. The lowest BCUT2D eigenvalue weighted by atomic mass is 10.2. The average Bonchev–Trinajstić information content (AvgIpc) is 2.27. The van der Waals surface area contributed by atoms with E-state index in [-0.39, 0.29) is 5.91 Å². The lowest BCUT2D eigenvalue weighted by Crippen LogP contribution is -2.07. The summed E-state index contributed by atoms with van der Waals surface area (Å²) in [6.45, 7) is 1.41. The number of hydrogen-bond acceptors (Lipinski definition) is 4. The van der Waals surface area contributed by atoms with Crippen LogP contribution in [0, 0.1) is 11.3 Å². The van der Waals surface area contributed by atoms with Gasteiger partial charge in [-0.1, -0.05) is 0 Å². The highest BCUT2D eigenvalue weighted by Crippen LogP contribution is 2.13. The number of carbonyl (C=O) groups is 1. The highest BCUT2D eigenvalue weighted by Gasteiger charge is 2.02. The van der Waals surface area contributed by atoms with Gasteiger partial charge in [0.25, 0.3) is 0 Å². The molecule has 0 unspecified atom stereocenters. The van der Waals surface area contributed by atoms with E-state index in [1.807, 2.05) is 6.07 Å². The number of fused-ring (bicyclic) bond motifs is 1. The quantitative estimate of drug-likeness (QED) is 0.776. The summed E-state index contributed by atoms with van der Waals surface area (Å²) < 4.78 is 0. The molecule has 0 saturated carbocycles. The monoisotopic (exact) mass is 212 g/mol. The minimum absolute atomic E-state index is 0.191. The molecule has 0 aromatic carbocycles. The maximum Gasteiger partial charge on any atom is 0.222 e. The van der Waals surface area contributed by atoms with Crippen LogP contribution in [0.3, 0.4) is 0 Å². The van der Waals surface area contributed by atoms with Crippen LogP contribution in [0.25, 0.3) is 11.0 Å². The molecule has 1 amide bonds. The Bertz CT molecular complexity index is 600. The van der Waals surface area contributed by atoms with E-state index in [1.54, 1.807) is 24.3 Å². The van der Waals surface area contributed by atoms with Gasteiger partial charge < -0.3 is 5.32 Å². The van der Waals surface area contributed by atoms with Gasteiger partial charge >= 0.3 is 0 Å². The van der Waals surface area contributed by atoms with Gasteiger partial charge in [0, 0.05) is 12.3 Å². The van der Waals surface area contributed by atoms with Crippen molar-refractivity contribution in [2.24, 2.45) is 0 Å². The highest BCUT2D eigenvalue weighted by atomic mass is 16.1. The van der Waals surface area contributed by atoms with Crippen LogP contribution in [0.5, 0.6) is 0 Å². The van der Waals surface area contributed by atoms with Gasteiger partial charge in [-0.2, -0.15) is 5.26 Å². The molecular weight excluding hydrogens is 204 g/mol. The fourth-order valence-corrected chi connectivity index (χ4v) is 1.31. The molecule has 16 heavy (non-hydrogen) atoms. The first kappa shape index (κ1) is 10.1. The van der Waals surface area contributed by atoms with Crippen LogP contribution in [0.1, 0.15) is 12.6 Å². The summed E-state index contributed by atoms with van der Waals surface area (Å²) in [6.07, 6.45) is 0. The predicted octanol–water partition coefficient (Wildman–Crippen LogP) is 1.46. The van der Waals surface area contributed by atoms with Crippen molar-refractivity contribution in [3.8, 4) is 6.07 Å². The molecule has 2 rings (SSSR count). The van der Waals surface area contributed by atoms with Gasteiger partial charge in [-0.15, -0.1) is 0 Å². The molecule has 0 saturated heterocycles. The second-order valence-corrected chi connectivity index (χ2v) is 3.23. The van der Waals surface area contributed by atoms with Gasteiger partial charge in [0.2, 0.25) is 5.91 Å². The number of hydrogen-bond donors (Lipinski definition) is 1. The zero-order valence-electron chi connectivity index (χ0n) is 8.56. The number of amides is 1. The topological polar surface area (TPSA) is 78.7 Å². The summed E-state index contributed by atoms with van der Waals surface area (Å²) in [5.41, 5.74) is 0.755. The minimum Gasteiger partial charge on any atom is -0.311 e. The highest BCUT2D eigenvalue weighted by molar-refractivity contribution is 5.89. The summed E-state index contributed by atoms with van der Waals surface area (Å²) in [5.74, 6) is 0.242. The molecule has 0 aliphatic rings. The third-order valence-corrected chi connectivity index (χ3v) is 1.97. The molecule has 0 fully saturated rings. The van der Waals surface area contributed by atoms with Crippen molar-refractivity contribution in [1.29, 1.82) is 5.26 Å². The molecule has 0 aliphatic heterocycles. The number of nitriles is 1. The second-order valence-electron chi connectivity index (χ2n) is 3.23. The Morgan fingerprint density at radius 1 is 1.31 bits per heavy atom. The Labute approximate surface area is 91.8 Å². The maximum absolute atomic E-state index is 10.8. The van der Waals surface area contributed by atoms with Crippen molar-refractivity contribution < 1.29 is 4.79 Å². The van der Waals surface area contributed by atoms with Crippen LogP contribution in [-0.2, 0) is 4.79 Å². The summed E-state index contributed by atoms with van der Waals surface area (Å²) in [7, 11) is 0. The van der Waals surface area contributed by atoms with E-state index < -0.39 is 0 Å². The van der Waals surface area contributed by atoms with Gasteiger partial charge in [0.05, 0.1) is 0 Å². The van der Waals surface area contributed by atoms with Crippen molar-refractivity contribution in [2.45, 2.75) is 6.92 Å². The fourth-order valence-electron chi connectivity index (χ4n) is 1.31. The van der Waals surface area contributed by atoms with Gasteiger partial charge in [0.1, 0.15) is 17.6 Å². The van der Waals surface area contributed by atoms with Crippen LogP contribution < -0.4 is 5.32 Å². The van der Waals surface area contributed by atoms with Gasteiger partial charge in [-0.25, -0.2) is 9.97 Å². The largest absolute Gasteiger partial charge is 0.311 e. The van der Waals surface area contributed by atoms with Gasteiger partial charge in [-0.05, 0) is 24.3 Å². The first-order chi connectivity index (χ1) is 7.69. The Kier molecular flexibility index (Phi) is 2.48. The lowest BCUT2D eigenvalue weighted by Gasteiger charge is -2.02. The van der Waals surface area contributed by atoms with Crippen LogP contribution >= 0.6 is 0 Å². The molecular formula is C11H8N4O. The maximum atomic E-state index is 10.8. The Morgan fingerprint density at radius 3 is 2.75 bits per heavy atom. The first-order valence-electron chi connectivity index (χ1n) is 4.64. The SMILES string of the molecule is CC(=O)Nc1ccc2ccc(C#N)nc2n1. The number of nitrogens with zero attached hydrogens (tertiary/aromatic N) is 3. The summed E-state index contributed by atoms with van der Waals surface area (Å²) in [5, 5.41) is 12.1. The summed E-state index contributed by atoms with van der Waals surface area (Å²) in [6, 6.07) is 8.82. The molecule has 5 nitrogen and oxygen atoms in total. The Balaban J connectivity index is 2.51. The van der Waals surface area contributed by atoms with Crippen LogP contribution in [0.15, 0.2) is 24.3 Å². The molecule has 2 aromatic rings. The van der Waals surface area contributed by atoms with Gasteiger partial charge in [0.15, 0.2) is 5.65 Å². The molecule has 0 atom stereocenters. The van der Waals surface area contributed by atoms with E-state index in [0.717, 1.165) is 5.39 Å². The molecule has 5 heteroatoms. The van der Waals surface area contributed by atoms with Crippen molar-refractivity contribution in [2.75, 3.05) is 5.32 Å². The van der Waals surface area contributed by atoms with Crippen molar-refractivity contribution in [3.63, 3.8) is 0 Å². The smallest absolute Gasteiger partial charge is 0.222 e. The predicted molar refractivity (Wildman–Crippen MR) is 58.6 cm³/mol. The van der Waals surface area contributed by atoms with E-state index in [0.29, 0.717) is 17.2 Å². The van der Waals surface area contributed by atoms with Crippen LogP contribution in [0.4, 0.5) is 5.82 Å². The van der Waals surface area contributed by atoms with Crippen molar-refractivity contribution in [3.05, 3.63) is 30.0 Å². The number of rotatable bonds is 1. The van der Waals surface area contributed by atoms with Crippen molar-refractivity contribution in [1.82, 2.24) is 9.97 Å². The zero-order valence-corrected chi connectivity index (χ0v) is 8.56. The van der Waals surface area contributed by atoms with E-state index in [4.69, 9.17) is 5.26 Å². The molecule has 0 spiro atoms. The number of pyridine rings is 2. The summed E-state index contributed by atoms with van der Waals surface area (Å²) >= 11 is 0. The molecule has 1 N–H and O–H groups in total. The lowest BCUT2D eigenvalue weighted by molar-refractivity contribution is -0.114. The molecule has 2 heterocycles. The van der Waals surface area contributed by atoms with E-state index in [2.05, 4.69) is 15.3 Å². The zero-order chi connectivity index (χ0) is 11.5. The second kappa shape index (κ2) is 3.95. The molecule has 0 radical (unpaired) electrons. The van der Waals surface area contributed by atoms with E-state index >= 15 is 0 Å². The van der Waals surface area contributed by atoms with E-state index in [9.17, 15) is 4.79 Å². The number of nitrogens with one attached hydrogen (secondary N) is 1. The number of anilines is 1. The Hall–Kier alpha value is -2.48. The minimum atomic E-state index is -0.191. The molecule has 0 aliphatic carbocycles. The van der Waals surface area contributed by atoms with E-state index in [1.165, 1.54) is 6.92 Å². The third-order valence-electron chi connectivity index (χ3n) is 1.97. The normalized spacial score (nSPS) is 9.75.